The van der Waals surface area contributed by atoms with Crippen LogP contribution in [0, 0.1) is 5.92 Å². The molecule has 0 atom stereocenters. The molecule has 0 spiro atoms. The molecule has 0 fully saturated rings. The van der Waals surface area contributed by atoms with Gasteiger partial charge in [0, 0.05) is 0 Å². The third-order valence-electron chi connectivity index (χ3n) is 2.90. The number of esters is 1. The molecule has 5 heteroatoms. The zero-order valence-electron chi connectivity index (χ0n) is 10.5. The molecule has 0 aliphatic carbocycles. The second-order valence-electron chi connectivity index (χ2n) is 4.14. The van der Waals surface area contributed by atoms with Crippen LogP contribution in [-0.4, -0.2) is 12.6 Å². The number of nitrogens with two attached hydrogens (primary N) is 1. The van der Waals surface area contributed by atoms with Crippen LogP contribution in [0.4, 0.5) is 5.69 Å². The van der Waals surface area contributed by atoms with Crippen LogP contribution in [0.1, 0.15) is 37.0 Å². The van der Waals surface area contributed by atoms with Gasteiger partial charge < -0.3 is 10.5 Å². The Morgan fingerprint density at radius 1 is 1.33 bits per heavy atom. The van der Waals surface area contributed by atoms with Crippen molar-refractivity contribution in [3.8, 4) is 0 Å². The monoisotopic (exact) mass is 289 g/mol. The molecule has 0 saturated heterocycles. The first kappa shape index (κ1) is 15.1. The van der Waals surface area contributed by atoms with Crippen LogP contribution >= 0.6 is 23.2 Å². The minimum absolute atomic E-state index is 0.256. The van der Waals surface area contributed by atoms with Gasteiger partial charge in [-0.25, -0.2) is 4.79 Å². The van der Waals surface area contributed by atoms with Crippen LogP contribution in [0.25, 0.3) is 0 Å². The molecule has 18 heavy (non-hydrogen) atoms. The van der Waals surface area contributed by atoms with Crippen LogP contribution in [-0.2, 0) is 4.74 Å². The zero-order chi connectivity index (χ0) is 13.7. The molecule has 0 saturated carbocycles. The van der Waals surface area contributed by atoms with Gasteiger partial charge in [-0.05, 0) is 18.1 Å². The number of carbonyl (C=O) groups excluding carboxylic acids is 1. The molecule has 100 valence electrons. The molecular weight excluding hydrogens is 273 g/mol. The molecule has 0 aliphatic heterocycles. The van der Waals surface area contributed by atoms with Crippen molar-refractivity contribution in [1.29, 1.82) is 0 Å². The minimum atomic E-state index is -0.424. The highest BCUT2D eigenvalue weighted by Crippen LogP contribution is 2.29. The Morgan fingerprint density at radius 3 is 2.44 bits per heavy atom. The van der Waals surface area contributed by atoms with E-state index in [1.807, 2.05) is 0 Å². The van der Waals surface area contributed by atoms with Crippen molar-refractivity contribution in [3.05, 3.63) is 27.7 Å². The van der Waals surface area contributed by atoms with Crippen molar-refractivity contribution in [3.63, 3.8) is 0 Å². The molecule has 0 aromatic heterocycles. The second kappa shape index (κ2) is 6.86. The molecule has 1 rings (SSSR count). The van der Waals surface area contributed by atoms with Gasteiger partial charge in [-0.3, -0.25) is 0 Å². The summed E-state index contributed by atoms with van der Waals surface area (Å²) in [5.41, 5.74) is 6.25. The fourth-order valence-corrected chi connectivity index (χ4v) is 1.87. The van der Waals surface area contributed by atoms with E-state index in [0.29, 0.717) is 18.1 Å². The van der Waals surface area contributed by atoms with E-state index in [4.69, 9.17) is 33.7 Å². The normalized spacial score (nSPS) is 10.7. The topological polar surface area (TPSA) is 52.3 Å². The highest BCUT2D eigenvalue weighted by atomic mass is 35.5. The van der Waals surface area contributed by atoms with Crippen LogP contribution in [0.3, 0.4) is 0 Å². The maximum absolute atomic E-state index is 11.8. The fraction of sp³-hybridized carbons (Fsp3) is 0.462. The Morgan fingerprint density at radius 2 is 1.94 bits per heavy atom. The number of carbonyl (C=O) groups is 1. The molecule has 0 heterocycles. The van der Waals surface area contributed by atoms with Crippen molar-refractivity contribution >= 4 is 34.9 Å². The molecule has 0 unspecified atom stereocenters. The van der Waals surface area contributed by atoms with Gasteiger partial charge in [-0.15, -0.1) is 0 Å². The molecule has 2 N–H and O–H groups in total. The summed E-state index contributed by atoms with van der Waals surface area (Å²) in [5.74, 6) is -0.0405. The molecule has 1 aromatic rings. The number of anilines is 1. The van der Waals surface area contributed by atoms with Gasteiger partial charge in [-0.2, -0.15) is 0 Å². The largest absolute Gasteiger partial charge is 0.462 e. The lowest BCUT2D eigenvalue weighted by atomic mass is 10.1. The predicted molar refractivity (Wildman–Crippen MR) is 75.2 cm³/mol. The van der Waals surface area contributed by atoms with E-state index < -0.39 is 5.97 Å². The van der Waals surface area contributed by atoms with Gasteiger partial charge in [0.05, 0.1) is 27.9 Å². The molecular formula is C13H17Cl2NO2. The fourth-order valence-electron chi connectivity index (χ4n) is 1.53. The molecule has 0 aliphatic rings. The zero-order valence-corrected chi connectivity index (χ0v) is 12.0. The average molecular weight is 290 g/mol. The van der Waals surface area contributed by atoms with E-state index in [1.54, 1.807) is 0 Å². The number of hydrogen-bond donors (Lipinski definition) is 1. The summed E-state index contributed by atoms with van der Waals surface area (Å²) in [6.07, 6.45) is 1.96. The van der Waals surface area contributed by atoms with Crippen LogP contribution in [0.2, 0.25) is 10.0 Å². The first-order chi connectivity index (χ1) is 8.49. The van der Waals surface area contributed by atoms with Gasteiger partial charge in [0.25, 0.3) is 0 Å². The first-order valence-corrected chi connectivity index (χ1v) is 6.66. The third kappa shape index (κ3) is 3.79. The van der Waals surface area contributed by atoms with E-state index in [2.05, 4.69) is 13.8 Å². The molecule has 3 nitrogen and oxygen atoms in total. The average Bonchev–Trinajstić information content (AvgIpc) is 2.36. The standard InChI is InChI=1S/C13H17Cl2NO2/c1-3-8(4-2)7-18-13(17)9-5-10(14)12(15)11(16)6-9/h5-6,8H,3-4,7,16H2,1-2H3. The quantitative estimate of drug-likeness (QED) is 0.654. The number of halogens is 2. The number of hydrogen-bond acceptors (Lipinski definition) is 3. The number of ether oxygens (including phenoxy) is 1. The Labute approximate surface area is 117 Å². The van der Waals surface area contributed by atoms with Crippen molar-refractivity contribution < 1.29 is 9.53 Å². The van der Waals surface area contributed by atoms with E-state index in [1.165, 1.54) is 12.1 Å². The number of benzene rings is 1. The summed E-state index contributed by atoms with van der Waals surface area (Å²) in [5, 5.41) is 0.513. The van der Waals surface area contributed by atoms with Crippen LogP contribution in [0.15, 0.2) is 12.1 Å². The van der Waals surface area contributed by atoms with Crippen molar-refractivity contribution in [1.82, 2.24) is 0 Å². The van der Waals surface area contributed by atoms with E-state index in [9.17, 15) is 4.79 Å². The van der Waals surface area contributed by atoms with Gasteiger partial charge in [0.1, 0.15) is 0 Å². The second-order valence-corrected chi connectivity index (χ2v) is 4.93. The summed E-state index contributed by atoms with van der Waals surface area (Å²) >= 11 is 11.7. The van der Waals surface area contributed by atoms with Crippen molar-refractivity contribution in [2.45, 2.75) is 26.7 Å². The maximum Gasteiger partial charge on any atom is 0.338 e. The lowest BCUT2D eigenvalue weighted by Gasteiger charge is -2.13. The SMILES string of the molecule is CCC(CC)COC(=O)c1cc(N)c(Cl)c(Cl)c1. The van der Waals surface area contributed by atoms with Crippen molar-refractivity contribution in [2.24, 2.45) is 5.92 Å². The molecule has 1 aromatic carbocycles. The molecule has 0 amide bonds. The Hall–Kier alpha value is -0.930. The van der Waals surface area contributed by atoms with Gasteiger partial charge in [-0.1, -0.05) is 49.9 Å². The van der Waals surface area contributed by atoms with Gasteiger partial charge in [0.2, 0.25) is 0 Å². The Bertz CT molecular complexity index is 408. The predicted octanol–water partition coefficient (Wildman–Crippen LogP) is 4.17. The lowest BCUT2D eigenvalue weighted by molar-refractivity contribution is 0.0433. The summed E-state index contributed by atoms with van der Waals surface area (Å²) in [6.45, 7) is 4.55. The highest BCUT2D eigenvalue weighted by molar-refractivity contribution is 6.43. The van der Waals surface area contributed by atoms with E-state index in [-0.39, 0.29) is 15.7 Å². The number of nitrogen functional groups attached to an aromatic ring is 1. The van der Waals surface area contributed by atoms with E-state index >= 15 is 0 Å². The third-order valence-corrected chi connectivity index (χ3v) is 3.71. The van der Waals surface area contributed by atoms with Crippen LogP contribution < -0.4 is 5.73 Å². The Balaban J connectivity index is 2.73. The lowest BCUT2D eigenvalue weighted by Crippen LogP contribution is -2.13. The Kier molecular flexibility index (Phi) is 5.76. The smallest absolute Gasteiger partial charge is 0.338 e. The summed E-state index contributed by atoms with van der Waals surface area (Å²) in [6, 6.07) is 2.94. The minimum Gasteiger partial charge on any atom is -0.462 e. The maximum atomic E-state index is 11.8. The molecule has 0 radical (unpaired) electrons. The number of rotatable bonds is 5. The molecule has 0 bridgehead atoms. The van der Waals surface area contributed by atoms with Gasteiger partial charge >= 0.3 is 5.97 Å². The van der Waals surface area contributed by atoms with Gasteiger partial charge in [0.15, 0.2) is 0 Å². The summed E-state index contributed by atoms with van der Waals surface area (Å²) in [7, 11) is 0. The summed E-state index contributed by atoms with van der Waals surface area (Å²) in [4.78, 5) is 11.8. The summed E-state index contributed by atoms with van der Waals surface area (Å²) < 4.78 is 5.23. The first-order valence-electron chi connectivity index (χ1n) is 5.91. The van der Waals surface area contributed by atoms with Crippen LogP contribution in [0.5, 0.6) is 0 Å². The van der Waals surface area contributed by atoms with Crippen molar-refractivity contribution in [2.75, 3.05) is 12.3 Å². The highest BCUT2D eigenvalue weighted by Gasteiger charge is 2.14. The van der Waals surface area contributed by atoms with E-state index in [0.717, 1.165) is 12.8 Å².